The molecule has 2 aromatic carbocycles. The van der Waals surface area contributed by atoms with Crippen molar-refractivity contribution in [2.24, 2.45) is 0 Å². The van der Waals surface area contributed by atoms with Gasteiger partial charge in [-0.25, -0.2) is 0 Å². The Balaban J connectivity index is 1.58. The first kappa shape index (κ1) is 18.1. The average Bonchev–Trinajstić information content (AvgIpc) is 3.22. The quantitative estimate of drug-likeness (QED) is 0.827. The van der Waals surface area contributed by atoms with E-state index in [9.17, 15) is 4.79 Å². The number of carbonyl (C=O) groups excluding carboxylic acids is 1. The Morgan fingerprint density at radius 2 is 1.77 bits per heavy atom. The summed E-state index contributed by atoms with van der Waals surface area (Å²) in [6, 6.07) is 13.8. The summed E-state index contributed by atoms with van der Waals surface area (Å²) >= 11 is 0. The molecule has 1 N–H and O–H groups in total. The molecule has 0 spiro atoms. The lowest BCUT2D eigenvalue weighted by Crippen LogP contribution is -2.29. The summed E-state index contributed by atoms with van der Waals surface area (Å²) in [6.07, 6.45) is 2.73. The maximum atomic E-state index is 12.2. The van der Waals surface area contributed by atoms with E-state index in [2.05, 4.69) is 5.32 Å². The van der Waals surface area contributed by atoms with E-state index in [1.165, 1.54) is 0 Å². The maximum Gasteiger partial charge on any atom is 0.226 e. The standard InChI is InChI=1S/C21H26N2O3/c1-25-19-9-10-20(26-2)17(14-19)15-22-18-7-5-16(6-8-18)13-21(24)23-11-3-4-12-23/h5-10,14,22H,3-4,11-13,15H2,1-2H3. The van der Waals surface area contributed by atoms with Crippen LogP contribution in [0.15, 0.2) is 42.5 Å². The van der Waals surface area contributed by atoms with Gasteiger partial charge in [0, 0.05) is 30.9 Å². The molecule has 5 heteroatoms. The molecule has 2 aromatic rings. The Hall–Kier alpha value is -2.69. The van der Waals surface area contributed by atoms with Crippen LogP contribution in [0.2, 0.25) is 0 Å². The molecule has 0 unspecified atom stereocenters. The largest absolute Gasteiger partial charge is 0.497 e. The average molecular weight is 354 g/mol. The molecule has 0 atom stereocenters. The molecule has 0 bridgehead atoms. The number of benzene rings is 2. The second kappa shape index (κ2) is 8.61. The van der Waals surface area contributed by atoms with Gasteiger partial charge in [0.2, 0.25) is 5.91 Å². The predicted molar refractivity (Wildman–Crippen MR) is 103 cm³/mol. The van der Waals surface area contributed by atoms with E-state index in [1.54, 1.807) is 14.2 Å². The van der Waals surface area contributed by atoms with Crippen molar-refractivity contribution >= 4 is 11.6 Å². The summed E-state index contributed by atoms with van der Waals surface area (Å²) in [6.45, 7) is 2.44. The van der Waals surface area contributed by atoms with E-state index in [0.29, 0.717) is 13.0 Å². The van der Waals surface area contributed by atoms with Crippen molar-refractivity contribution in [1.82, 2.24) is 4.90 Å². The van der Waals surface area contributed by atoms with Crippen LogP contribution in [-0.4, -0.2) is 38.1 Å². The molecule has 138 valence electrons. The lowest BCUT2D eigenvalue weighted by Gasteiger charge is -2.15. The monoisotopic (exact) mass is 354 g/mol. The third-order valence-electron chi connectivity index (χ3n) is 4.74. The number of likely N-dealkylation sites (tertiary alicyclic amines) is 1. The zero-order valence-corrected chi connectivity index (χ0v) is 15.5. The van der Waals surface area contributed by atoms with E-state index < -0.39 is 0 Å². The fourth-order valence-corrected chi connectivity index (χ4v) is 3.21. The molecule has 3 rings (SSSR count). The molecule has 5 nitrogen and oxygen atoms in total. The number of carbonyl (C=O) groups is 1. The van der Waals surface area contributed by atoms with Gasteiger partial charge in [0.15, 0.2) is 0 Å². The molecule has 26 heavy (non-hydrogen) atoms. The summed E-state index contributed by atoms with van der Waals surface area (Å²) < 4.78 is 10.7. The van der Waals surface area contributed by atoms with Crippen molar-refractivity contribution < 1.29 is 14.3 Å². The smallest absolute Gasteiger partial charge is 0.226 e. The van der Waals surface area contributed by atoms with Crippen molar-refractivity contribution in [3.63, 3.8) is 0 Å². The van der Waals surface area contributed by atoms with Crippen LogP contribution < -0.4 is 14.8 Å². The summed E-state index contributed by atoms with van der Waals surface area (Å²) in [4.78, 5) is 14.2. The Morgan fingerprint density at radius 3 is 2.42 bits per heavy atom. The molecular weight excluding hydrogens is 328 g/mol. The maximum absolute atomic E-state index is 12.2. The van der Waals surface area contributed by atoms with Crippen LogP contribution >= 0.6 is 0 Å². The summed E-state index contributed by atoms with van der Waals surface area (Å²) in [5.41, 5.74) is 3.08. The molecule has 1 heterocycles. The molecular formula is C21H26N2O3. The minimum absolute atomic E-state index is 0.226. The van der Waals surface area contributed by atoms with E-state index in [4.69, 9.17) is 9.47 Å². The second-order valence-electron chi connectivity index (χ2n) is 6.49. The van der Waals surface area contributed by atoms with Crippen molar-refractivity contribution in [2.45, 2.75) is 25.8 Å². The molecule has 1 saturated heterocycles. The van der Waals surface area contributed by atoms with Gasteiger partial charge in [-0.2, -0.15) is 0 Å². The first-order valence-corrected chi connectivity index (χ1v) is 9.01. The normalized spacial score (nSPS) is 13.5. The molecule has 1 amide bonds. The van der Waals surface area contributed by atoms with E-state index in [0.717, 1.165) is 54.2 Å². The number of nitrogens with zero attached hydrogens (tertiary/aromatic N) is 1. The van der Waals surface area contributed by atoms with Crippen LogP contribution in [0.1, 0.15) is 24.0 Å². The topological polar surface area (TPSA) is 50.8 Å². The van der Waals surface area contributed by atoms with Crippen LogP contribution in [0.3, 0.4) is 0 Å². The van der Waals surface area contributed by atoms with Crippen LogP contribution in [-0.2, 0) is 17.8 Å². The van der Waals surface area contributed by atoms with E-state index in [1.807, 2.05) is 47.4 Å². The van der Waals surface area contributed by atoms with Crippen LogP contribution in [0.25, 0.3) is 0 Å². The van der Waals surface area contributed by atoms with Gasteiger partial charge in [0.1, 0.15) is 11.5 Å². The summed E-state index contributed by atoms with van der Waals surface area (Å²) in [5.74, 6) is 1.86. The van der Waals surface area contributed by atoms with Gasteiger partial charge in [-0.15, -0.1) is 0 Å². The van der Waals surface area contributed by atoms with Gasteiger partial charge in [0.05, 0.1) is 20.6 Å². The van der Waals surface area contributed by atoms with Gasteiger partial charge in [0.25, 0.3) is 0 Å². The van der Waals surface area contributed by atoms with Crippen molar-refractivity contribution in [2.75, 3.05) is 32.6 Å². The van der Waals surface area contributed by atoms with Crippen molar-refractivity contribution in [3.05, 3.63) is 53.6 Å². The molecule has 1 fully saturated rings. The fraction of sp³-hybridized carbons (Fsp3) is 0.381. The highest BCUT2D eigenvalue weighted by Gasteiger charge is 2.17. The SMILES string of the molecule is COc1ccc(OC)c(CNc2ccc(CC(=O)N3CCCC3)cc2)c1. The number of hydrogen-bond acceptors (Lipinski definition) is 4. The Morgan fingerprint density at radius 1 is 1.04 bits per heavy atom. The number of anilines is 1. The van der Waals surface area contributed by atoms with E-state index >= 15 is 0 Å². The first-order chi connectivity index (χ1) is 12.7. The number of nitrogens with one attached hydrogen (secondary N) is 1. The highest BCUT2D eigenvalue weighted by molar-refractivity contribution is 5.79. The number of methoxy groups -OCH3 is 2. The molecule has 1 aliphatic heterocycles. The third-order valence-corrected chi connectivity index (χ3v) is 4.74. The Bertz CT molecular complexity index is 737. The summed E-state index contributed by atoms with van der Waals surface area (Å²) in [7, 11) is 3.32. The lowest BCUT2D eigenvalue weighted by molar-refractivity contribution is -0.129. The van der Waals surface area contributed by atoms with Gasteiger partial charge >= 0.3 is 0 Å². The highest BCUT2D eigenvalue weighted by atomic mass is 16.5. The molecule has 1 aliphatic rings. The summed E-state index contributed by atoms with van der Waals surface area (Å²) in [5, 5.41) is 3.39. The minimum atomic E-state index is 0.226. The number of rotatable bonds is 7. The molecule has 0 saturated carbocycles. The second-order valence-corrected chi connectivity index (χ2v) is 6.49. The third kappa shape index (κ3) is 4.48. The minimum Gasteiger partial charge on any atom is -0.497 e. The highest BCUT2D eigenvalue weighted by Crippen LogP contribution is 2.25. The fourth-order valence-electron chi connectivity index (χ4n) is 3.21. The van der Waals surface area contributed by atoms with Gasteiger partial charge in [-0.3, -0.25) is 4.79 Å². The zero-order valence-electron chi connectivity index (χ0n) is 15.5. The van der Waals surface area contributed by atoms with Gasteiger partial charge in [-0.1, -0.05) is 12.1 Å². The van der Waals surface area contributed by atoms with Gasteiger partial charge < -0.3 is 19.7 Å². The van der Waals surface area contributed by atoms with Crippen LogP contribution in [0.5, 0.6) is 11.5 Å². The number of amides is 1. The number of ether oxygens (including phenoxy) is 2. The van der Waals surface area contributed by atoms with Crippen LogP contribution in [0, 0.1) is 0 Å². The van der Waals surface area contributed by atoms with E-state index in [-0.39, 0.29) is 5.91 Å². The Kier molecular flexibility index (Phi) is 6.00. The Labute approximate surface area is 154 Å². The van der Waals surface area contributed by atoms with Gasteiger partial charge in [-0.05, 0) is 48.7 Å². The molecule has 0 radical (unpaired) electrons. The van der Waals surface area contributed by atoms with Crippen LogP contribution in [0.4, 0.5) is 5.69 Å². The number of hydrogen-bond donors (Lipinski definition) is 1. The predicted octanol–water partition coefficient (Wildman–Crippen LogP) is 3.48. The first-order valence-electron chi connectivity index (χ1n) is 9.01. The van der Waals surface area contributed by atoms with Crippen molar-refractivity contribution in [3.8, 4) is 11.5 Å². The van der Waals surface area contributed by atoms with Crippen molar-refractivity contribution in [1.29, 1.82) is 0 Å². The lowest BCUT2D eigenvalue weighted by atomic mass is 10.1. The molecule has 0 aliphatic carbocycles. The molecule has 0 aromatic heterocycles. The zero-order chi connectivity index (χ0) is 18.4.